The summed E-state index contributed by atoms with van der Waals surface area (Å²) >= 11 is 0. The summed E-state index contributed by atoms with van der Waals surface area (Å²) in [6.45, 7) is 3.44. The fourth-order valence-corrected chi connectivity index (χ4v) is 2.68. The number of amides is 1. The zero-order valence-electron chi connectivity index (χ0n) is 11.9. The van der Waals surface area contributed by atoms with Crippen molar-refractivity contribution in [3.05, 3.63) is 35.9 Å². The van der Waals surface area contributed by atoms with Crippen molar-refractivity contribution in [1.29, 1.82) is 5.26 Å². The third-order valence-electron chi connectivity index (χ3n) is 3.86. The fourth-order valence-electron chi connectivity index (χ4n) is 2.68. The second-order valence-electron chi connectivity index (χ2n) is 5.52. The van der Waals surface area contributed by atoms with E-state index in [-0.39, 0.29) is 12.5 Å². The highest BCUT2D eigenvalue weighted by Crippen LogP contribution is 2.22. The molecule has 1 fully saturated rings. The summed E-state index contributed by atoms with van der Waals surface area (Å²) in [6, 6.07) is 11.9. The number of hydrogen-bond acceptors (Lipinski definition) is 3. The molecule has 20 heavy (non-hydrogen) atoms. The van der Waals surface area contributed by atoms with Crippen molar-refractivity contribution >= 4 is 5.91 Å². The van der Waals surface area contributed by atoms with E-state index in [0.29, 0.717) is 6.54 Å². The molecule has 1 aromatic carbocycles. The molecule has 0 radical (unpaired) electrons. The predicted octanol–water partition coefficient (Wildman–Crippen LogP) is 2.07. The Balaban J connectivity index is 2.11. The van der Waals surface area contributed by atoms with E-state index in [1.807, 2.05) is 37.3 Å². The molecule has 1 amide bonds. The minimum Gasteiger partial charge on any atom is -0.323 e. The van der Waals surface area contributed by atoms with Gasteiger partial charge in [0.25, 0.3) is 0 Å². The van der Waals surface area contributed by atoms with Crippen molar-refractivity contribution in [1.82, 2.24) is 10.2 Å². The zero-order chi connectivity index (χ0) is 14.4. The van der Waals surface area contributed by atoms with Crippen LogP contribution < -0.4 is 5.32 Å². The van der Waals surface area contributed by atoms with Crippen LogP contribution in [0.15, 0.2) is 30.3 Å². The number of nitrogens with one attached hydrogen (secondary N) is 1. The highest BCUT2D eigenvalue weighted by molar-refractivity contribution is 5.86. The van der Waals surface area contributed by atoms with Crippen LogP contribution in [0.2, 0.25) is 0 Å². The lowest BCUT2D eigenvalue weighted by Crippen LogP contribution is -2.57. The molecule has 1 heterocycles. The number of piperidine rings is 1. The third-order valence-corrected chi connectivity index (χ3v) is 3.86. The van der Waals surface area contributed by atoms with E-state index in [4.69, 9.17) is 5.26 Å². The molecule has 4 nitrogen and oxygen atoms in total. The van der Waals surface area contributed by atoms with Crippen molar-refractivity contribution in [2.45, 2.75) is 38.3 Å². The quantitative estimate of drug-likeness (QED) is 0.853. The normalized spacial score (nSPS) is 22.0. The number of carbonyl (C=O) groups is 1. The Kier molecular flexibility index (Phi) is 4.75. The van der Waals surface area contributed by atoms with Crippen molar-refractivity contribution < 1.29 is 4.79 Å². The lowest BCUT2D eigenvalue weighted by Gasteiger charge is -2.37. The van der Waals surface area contributed by atoms with Gasteiger partial charge in [0.2, 0.25) is 5.91 Å². The summed E-state index contributed by atoms with van der Waals surface area (Å²) in [7, 11) is 0. The lowest BCUT2D eigenvalue weighted by molar-refractivity contribution is -0.138. The topological polar surface area (TPSA) is 56.1 Å². The van der Waals surface area contributed by atoms with Crippen LogP contribution in [0.25, 0.3) is 0 Å². The maximum Gasteiger partial charge on any atom is 0.243 e. The van der Waals surface area contributed by atoms with Gasteiger partial charge in [-0.25, -0.2) is 0 Å². The highest BCUT2D eigenvalue weighted by atomic mass is 16.2. The zero-order valence-corrected chi connectivity index (χ0v) is 11.9. The monoisotopic (exact) mass is 271 g/mol. The van der Waals surface area contributed by atoms with E-state index in [1.165, 1.54) is 0 Å². The van der Waals surface area contributed by atoms with E-state index >= 15 is 0 Å². The number of benzene rings is 1. The number of nitriles is 1. The first kappa shape index (κ1) is 14.5. The minimum absolute atomic E-state index is 0.0302. The van der Waals surface area contributed by atoms with Crippen molar-refractivity contribution in [2.75, 3.05) is 13.1 Å². The van der Waals surface area contributed by atoms with Gasteiger partial charge in [0.15, 0.2) is 0 Å². The third kappa shape index (κ3) is 3.37. The number of carbonyl (C=O) groups excluding carboxylic acids is 1. The average molecular weight is 271 g/mol. The van der Waals surface area contributed by atoms with Gasteiger partial charge in [-0.15, -0.1) is 0 Å². The first-order valence-corrected chi connectivity index (χ1v) is 7.11. The van der Waals surface area contributed by atoms with Crippen LogP contribution in [0.1, 0.15) is 31.7 Å². The molecular weight excluding hydrogens is 250 g/mol. The van der Waals surface area contributed by atoms with E-state index in [9.17, 15) is 4.79 Å². The van der Waals surface area contributed by atoms with Gasteiger partial charge < -0.3 is 10.2 Å². The van der Waals surface area contributed by atoms with Crippen LogP contribution in [0.5, 0.6) is 0 Å². The van der Waals surface area contributed by atoms with Gasteiger partial charge in [-0.3, -0.25) is 4.79 Å². The van der Waals surface area contributed by atoms with Gasteiger partial charge >= 0.3 is 0 Å². The summed E-state index contributed by atoms with van der Waals surface area (Å²) in [6.07, 6.45) is 3.00. The Morgan fingerprint density at radius 2 is 2.15 bits per heavy atom. The maximum absolute atomic E-state index is 12.7. The molecule has 0 bridgehead atoms. The molecule has 1 atom stereocenters. The SMILES string of the molecule is CC1(C(=O)N(CC#N)Cc2ccccc2)CCCCN1. The summed E-state index contributed by atoms with van der Waals surface area (Å²) in [5, 5.41) is 12.3. The molecule has 4 heteroatoms. The van der Waals surface area contributed by atoms with Gasteiger partial charge in [-0.2, -0.15) is 5.26 Å². The Labute approximate surface area is 120 Å². The Morgan fingerprint density at radius 1 is 1.40 bits per heavy atom. The second kappa shape index (κ2) is 6.53. The van der Waals surface area contributed by atoms with Gasteiger partial charge in [-0.05, 0) is 38.3 Å². The van der Waals surface area contributed by atoms with Crippen molar-refractivity contribution in [2.24, 2.45) is 0 Å². The number of nitrogens with zero attached hydrogens (tertiary/aromatic N) is 2. The Hall–Kier alpha value is -1.86. The molecule has 1 aromatic rings. The molecule has 1 N–H and O–H groups in total. The number of hydrogen-bond donors (Lipinski definition) is 1. The molecule has 1 saturated heterocycles. The summed E-state index contributed by atoms with van der Waals surface area (Å²) < 4.78 is 0. The smallest absolute Gasteiger partial charge is 0.243 e. The average Bonchev–Trinajstić information content (AvgIpc) is 2.48. The Bertz CT molecular complexity index is 486. The largest absolute Gasteiger partial charge is 0.323 e. The van der Waals surface area contributed by atoms with Gasteiger partial charge in [0.1, 0.15) is 6.54 Å². The molecule has 2 rings (SSSR count). The first-order chi connectivity index (χ1) is 9.65. The first-order valence-electron chi connectivity index (χ1n) is 7.11. The molecule has 1 aliphatic heterocycles. The van der Waals surface area contributed by atoms with Gasteiger partial charge in [0, 0.05) is 6.54 Å². The van der Waals surface area contributed by atoms with E-state index < -0.39 is 5.54 Å². The van der Waals surface area contributed by atoms with E-state index in [1.54, 1.807) is 4.90 Å². The maximum atomic E-state index is 12.7. The van der Waals surface area contributed by atoms with Crippen molar-refractivity contribution in [3.63, 3.8) is 0 Å². The van der Waals surface area contributed by atoms with Crippen LogP contribution >= 0.6 is 0 Å². The standard InChI is InChI=1S/C16H21N3O/c1-16(9-5-6-11-18-16)15(20)19(12-10-17)13-14-7-3-2-4-8-14/h2-4,7-8,18H,5-6,9,11-13H2,1H3. The van der Waals surface area contributed by atoms with Crippen molar-refractivity contribution in [3.8, 4) is 6.07 Å². The fraction of sp³-hybridized carbons (Fsp3) is 0.500. The Morgan fingerprint density at radius 3 is 2.75 bits per heavy atom. The highest BCUT2D eigenvalue weighted by Gasteiger charge is 2.37. The van der Waals surface area contributed by atoms with Crippen LogP contribution in [-0.4, -0.2) is 29.4 Å². The predicted molar refractivity (Wildman–Crippen MR) is 77.7 cm³/mol. The van der Waals surface area contributed by atoms with Gasteiger partial charge in [0.05, 0.1) is 11.6 Å². The molecule has 0 aromatic heterocycles. The lowest BCUT2D eigenvalue weighted by atomic mass is 9.89. The molecule has 0 saturated carbocycles. The van der Waals surface area contributed by atoms with E-state index in [2.05, 4.69) is 11.4 Å². The van der Waals surface area contributed by atoms with E-state index in [0.717, 1.165) is 31.4 Å². The molecule has 1 aliphatic rings. The van der Waals surface area contributed by atoms with Gasteiger partial charge in [-0.1, -0.05) is 30.3 Å². The summed E-state index contributed by atoms with van der Waals surface area (Å²) in [5.74, 6) is 0.0302. The summed E-state index contributed by atoms with van der Waals surface area (Å²) in [5.41, 5.74) is 0.527. The molecule has 1 unspecified atom stereocenters. The van der Waals surface area contributed by atoms with Crippen LogP contribution in [-0.2, 0) is 11.3 Å². The van der Waals surface area contributed by atoms with Crippen LogP contribution in [0, 0.1) is 11.3 Å². The van der Waals surface area contributed by atoms with Crippen LogP contribution in [0.4, 0.5) is 0 Å². The second-order valence-corrected chi connectivity index (χ2v) is 5.52. The summed E-state index contributed by atoms with van der Waals surface area (Å²) in [4.78, 5) is 14.4. The van der Waals surface area contributed by atoms with Crippen LogP contribution in [0.3, 0.4) is 0 Å². The molecular formula is C16H21N3O. The molecule has 106 valence electrons. The minimum atomic E-state index is -0.524. The molecule has 0 spiro atoms. The molecule has 0 aliphatic carbocycles. The number of rotatable bonds is 4.